The van der Waals surface area contributed by atoms with Gasteiger partial charge < -0.3 is 4.57 Å². The first-order valence-electron chi connectivity index (χ1n) is 7.87. The van der Waals surface area contributed by atoms with Crippen LogP contribution in [0.1, 0.15) is 5.56 Å². The molecular formula is C18H16N6O. The number of carbonyl (C=O) groups excluding carboxylic acids is 1. The fraction of sp³-hybridized carbons (Fsp3) is 0.111. The largest absolute Gasteiger partial charge is 0.350 e. The number of aromatic nitrogens is 5. The van der Waals surface area contributed by atoms with Crippen LogP contribution in [0.4, 0.5) is 5.95 Å². The van der Waals surface area contributed by atoms with E-state index in [1.54, 1.807) is 6.20 Å². The highest BCUT2D eigenvalue weighted by Gasteiger charge is 2.13. The van der Waals surface area contributed by atoms with E-state index >= 15 is 0 Å². The van der Waals surface area contributed by atoms with Crippen molar-refractivity contribution in [2.45, 2.75) is 6.42 Å². The zero-order chi connectivity index (χ0) is 17.2. The van der Waals surface area contributed by atoms with Gasteiger partial charge in [-0.25, -0.2) is 0 Å². The second-order valence-corrected chi connectivity index (χ2v) is 5.73. The molecule has 0 saturated carbocycles. The highest BCUT2D eigenvalue weighted by molar-refractivity contribution is 5.95. The summed E-state index contributed by atoms with van der Waals surface area (Å²) in [6.07, 6.45) is 3.91. The normalized spacial score (nSPS) is 10.9. The Bertz CT molecular complexity index is 1030. The molecule has 0 radical (unpaired) electrons. The average molecular weight is 332 g/mol. The van der Waals surface area contributed by atoms with Crippen molar-refractivity contribution in [2.24, 2.45) is 7.05 Å². The number of benzene rings is 1. The Balaban J connectivity index is 1.50. The molecule has 124 valence electrons. The zero-order valence-corrected chi connectivity index (χ0v) is 13.6. The molecule has 3 aromatic heterocycles. The number of hydrogen-bond acceptors (Lipinski definition) is 4. The van der Waals surface area contributed by atoms with E-state index in [9.17, 15) is 4.79 Å². The minimum Gasteiger partial charge on any atom is -0.350 e. The molecule has 0 fully saturated rings. The van der Waals surface area contributed by atoms with Crippen LogP contribution in [0.15, 0.2) is 54.9 Å². The third-order valence-electron chi connectivity index (χ3n) is 3.97. The lowest BCUT2D eigenvalue weighted by atomic mass is 10.1. The second-order valence-electron chi connectivity index (χ2n) is 5.73. The van der Waals surface area contributed by atoms with Crippen molar-refractivity contribution in [3.05, 3.63) is 60.4 Å². The van der Waals surface area contributed by atoms with E-state index in [0.29, 0.717) is 11.5 Å². The Morgan fingerprint density at radius 1 is 1.20 bits per heavy atom. The summed E-state index contributed by atoms with van der Waals surface area (Å²) < 4.78 is 2.02. The van der Waals surface area contributed by atoms with Crippen molar-refractivity contribution >= 4 is 22.8 Å². The molecule has 0 aliphatic heterocycles. The maximum Gasteiger partial charge on any atom is 0.249 e. The quantitative estimate of drug-likeness (QED) is 0.601. The Hall–Kier alpha value is -3.48. The Labute approximate surface area is 143 Å². The van der Waals surface area contributed by atoms with Crippen LogP contribution in [-0.2, 0) is 18.3 Å². The zero-order valence-electron chi connectivity index (χ0n) is 13.6. The lowest BCUT2D eigenvalue weighted by molar-refractivity contribution is -0.115. The number of rotatable bonds is 4. The van der Waals surface area contributed by atoms with Crippen LogP contribution in [0, 0.1) is 0 Å². The van der Waals surface area contributed by atoms with Gasteiger partial charge in [0.1, 0.15) is 5.69 Å². The summed E-state index contributed by atoms with van der Waals surface area (Å²) in [6.45, 7) is 0. The topological polar surface area (TPSA) is 88.5 Å². The summed E-state index contributed by atoms with van der Waals surface area (Å²) in [6, 6.07) is 13.5. The molecule has 0 unspecified atom stereocenters. The lowest BCUT2D eigenvalue weighted by Gasteiger charge is -2.00. The molecule has 3 heterocycles. The van der Waals surface area contributed by atoms with E-state index in [-0.39, 0.29) is 18.3 Å². The number of pyridine rings is 1. The lowest BCUT2D eigenvalue weighted by Crippen LogP contribution is -2.15. The predicted octanol–water partition coefficient (Wildman–Crippen LogP) is 2.54. The van der Waals surface area contributed by atoms with Crippen LogP contribution in [0.5, 0.6) is 0 Å². The van der Waals surface area contributed by atoms with Crippen molar-refractivity contribution in [3.63, 3.8) is 0 Å². The van der Waals surface area contributed by atoms with Gasteiger partial charge in [-0.3, -0.25) is 20.2 Å². The van der Waals surface area contributed by atoms with E-state index in [2.05, 4.69) is 25.5 Å². The molecule has 0 aliphatic rings. The molecule has 4 rings (SSSR count). The molecule has 1 amide bonds. The van der Waals surface area contributed by atoms with Gasteiger partial charge >= 0.3 is 0 Å². The maximum absolute atomic E-state index is 12.4. The van der Waals surface area contributed by atoms with Gasteiger partial charge in [-0.2, -0.15) is 4.98 Å². The fourth-order valence-corrected chi connectivity index (χ4v) is 2.84. The summed E-state index contributed by atoms with van der Waals surface area (Å²) >= 11 is 0. The summed E-state index contributed by atoms with van der Waals surface area (Å²) in [5.41, 5.74) is 2.74. The van der Waals surface area contributed by atoms with Crippen molar-refractivity contribution in [2.75, 3.05) is 5.32 Å². The highest BCUT2D eigenvalue weighted by atomic mass is 16.1. The van der Waals surface area contributed by atoms with Crippen LogP contribution in [0.3, 0.4) is 0 Å². The second kappa shape index (κ2) is 6.20. The molecule has 2 N–H and O–H groups in total. The molecule has 7 heteroatoms. The Morgan fingerprint density at radius 3 is 2.88 bits per heavy atom. The number of amides is 1. The van der Waals surface area contributed by atoms with Gasteiger partial charge in [-0.15, -0.1) is 5.10 Å². The number of aromatic amines is 1. The number of aryl methyl sites for hydroxylation is 1. The van der Waals surface area contributed by atoms with Gasteiger partial charge in [0.05, 0.1) is 6.42 Å². The van der Waals surface area contributed by atoms with Gasteiger partial charge in [-0.05, 0) is 23.8 Å². The molecule has 4 aromatic rings. The molecule has 0 atom stereocenters. The number of nitrogens with zero attached hydrogens (tertiary/aromatic N) is 4. The summed E-state index contributed by atoms with van der Waals surface area (Å²) in [5.74, 6) is 0.592. The van der Waals surface area contributed by atoms with Crippen molar-refractivity contribution in [1.82, 2.24) is 24.7 Å². The van der Waals surface area contributed by atoms with Crippen LogP contribution in [0.25, 0.3) is 22.4 Å². The number of anilines is 1. The molecule has 25 heavy (non-hydrogen) atoms. The SMILES string of the molecule is Cn1cc(CC(=O)Nc2n[nH]c(-c3ccccn3)n2)c2ccccc21. The predicted molar refractivity (Wildman–Crippen MR) is 94.9 cm³/mol. The third-order valence-corrected chi connectivity index (χ3v) is 3.97. The van der Waals surface area contributed by atoms with Crippen molar-refractivity contribution < 1.29 is 4.79 Å². The number of hydrogen-bond donors (Lipinski definition) is 2. The van der Waals surface area contributed by atoms with Crippen molar-refractivity contribution in [3.8, 4) is 11.5 Å². The molecular weight excluding hydrogens is 316 g/mol. The van der Waals surface area contributed by atoms with Gasteiger partial charge in [0, 0.05) is 30.3 Å². The standard InChI is InChI=1S/C18H16N6O/c1-24-11-12(13-6-2-3-8-15(13)24)10-16(25)20-18-21-17(22-23-18)14-7-4-5-9-19-14/h2-9,11H,10H2,1H3,(H2,20,21,22,23,25). The minimum atomic E-state index is -0.164. The van der Waals surface area contributed by atoms with Crippen LogP contribution >= 0.6 is 0 Å². The summed E-state index contributed by atoms with van der Waals surface area (Å²) in [5, 5.41) is 10.6. The summed E-state index contributed by atoms with van der Waals surface area (Å²) in [4.78, 5) is 20.8. The maximum atomic E-state index is 12.4. The molecule has 1 aromatic carbocycles. The van der Waals surface area contributed by atoms with E-state index in [0.717, 1.165) is 16.5 Å². The highest BCUT2D eigenvalue weighted by Crippen LogP contribution is 2.21. The van der Waals surface area contributed by atoms with Gasteiger partial charge in [0.15, 0.2) is 5.82 Å². The first-order chi connectivity index (χ1) is 12.2. The Morgan fingerprint density at radius 2 is 2.04 bits per heavy atom. The van der Waals surface area contributed by atoms with E-state index in [1.165, 1.54) is 0 Å². The molecule has 0 aliphatic carbocycles. The van der Waals surface area contributed by atoms with Gasteiger partial charge in [-0.1, -0.05) is 24.3 Å². The minimum absolute atomic E-state index is 0.164. The molecule has 7 nitrogen and oxygen atoms in total. The first kappa shape index (κ1) is 15.1. The molecule has 0 spiro atoms. The van der Waals surface area contributed by atoms with Gasteiger partial charge in [0.2, 0.25) is 11.9 Å². The summed E-state index contributed by atoms with van der Waals surface area (Å²) in [7, 11) is 1.97. The van der Waals surface area contributed by atoms with Crippen molar-refractivity contribution in [1.29, 1.82) is 0 Å². The van der Waals surface area contributed by atoms with Crippen LogP contribution in [0.2, 0.25) is 0 Å². The first-order valence-corrected chi connectivity index (χ1v) is 7.87. The molecule has 0 saturated heterocycles. The smallest absolute Gasteiger partial charge is 0.249 e. The number of H-pyrrole nitrogens is 1. The Kier molecular flexibility index (Phi) is 3.74. The fourth-order valence-electron chi connectivity index (χ4n) is 2.84. The number of carbonyl (C=O) groups is 1. The third kappa shape index (κ3) is 2.99. The molecule has 0 bridgehead atoms. The monoisotopic (exact) mass is 332 g/mol. The van der Waals surface area contributed by atoms with Gasteiger partial charge in [0.25, 0.3) is 0 Å². The van der Waals surface area contributed by atoms with Crippen LogP contribution in [-0.4, -0.2) is 30.6 Å². The number of para-hydroxylation sites is 1. The van der Waals surface area contributed by atoms with E-state index in [4.69, 9.17) is 0 Å². The number of nitrogens with one attached hydrogen (secondary N) is 2. The average Bonchev–Trinajstić information content (AvgIpc) is 3.21. The number of fused-ring (bicyclic) bond motifs is 1. The van der Waals surface area contributed by atoms with E-state index < -0.39 is 0 Å². The van der Waals surface area contributed by atoms with E-state index in [1.807, 2.05) is 60.3 Å². The van der Waals surface area contributed by atoms with Crippen LogP contribution < -0.4 is 5.32 Å².